The maximum Gasteiger partial charge on any atom is 0.0547 e. The number of hydrogen-bond donors (Lipinski definition) is 0. The molecule has 0 saturated heterocycles. The van der Waals surface area contributed by atoms with E-state index in [2.05, 4.69) is 180 Å². The first-order valence-corrected chi connectivity index (χ1v) is 17.0. The van der Waals surface area contributed by atoms with Crippen LogP contribution in [0.2, 0.25) is 0 Å². The van der Waals surface area contributed by atoms with Gasteiger partial charge in [0.15, 0.2) is 0 Å². The number of benzene rings is 7. The highest BCUT2D eigenvalue weighted by Gasteiger charge is 2.26. The van der Waals surface area contributed by atoms with Crippen LogP contribution in [-0.4, -0.2) is 0 Å². The summed E-state index contributed by atoms with van der Waals surface area (Å²) in [6, 6.07) is 62.3. The largest absolute Gasteiger partial charge is 0.310 e. The molecule has 0 atom stereocenters. The summed E-state index contributed by atoms with van der Waals surface area (Å²) in [5.41, 5.74) is 17.6. The number of fused-ring (bicyclic) bond motifs is 2. The first-order chi connectivity index (χ1) is 23.8. The fourth-order valence-corrected chi connectivity index (χ4v) is 7.30. The molecule has 48 heavy (non-hydrogen) atoms. The van der Waals surface area contributed by atoms with Crippen LogP contribution in [0.4, 0.5) is 34.1 Å². The Morgan fingerprint density at radius 1 is 0.292 bits per heavy atom. The van der Waals surface area contributed by atoms with Crippen molar-refractivity contribution >= 4 is 34.1 Å². The average molecular weight is 617 g/mol. The SMILES string of the molecule is c1ccc(N(c2ccccc2)c2cc(-c3ccc4c(c3)CC4)c(N(c3ccccc3)c3ccccc3)cc2-c2ccc3c(c2)CC3)cc1. The van der Waals surface area contributed by atoms with Crippen LogP contribution in [0.5, 0.6) is 0 Å². The highest BCUT2D eigenvalue weighted by Crippen LogP contribution is 2.50. The number of para-hydroxylation sites is 4. The van der Waals surface area contributed by atoms with Gasteiger partial charge in [0, 0.05) is 33.9 Å². The predicted octanol–water partition coefficient (Wildman–Crippen LogP) is 12.2. The van der Waals surface area contributed by atoms with Crippen molar-refractivity contribution in [1.29, 1.82) is 0 Å². The summed E-state index contributed by atoms with van der Waals surface area (Å²) in [6.45, 7) is 0. The minimum absolute atomic E-state index is 1.13. The van der Waals surface area contributed by atoms with Gasteiger partial charge < -0.3 is 9.80 Å². The van der Waals surface area contributed by atoms with E-state index in [1.807, 2.05) is 0 Å². The number of hydrogen-bond acceptors (Lipinski definition) is 2. The third kappa shape index (κ3) is 5.07. The van der Waals surface area contributed by atoms with Gasteiger partial charge in [-0.2, -0.15) is 0 Å². The third-order valence-corrected chi connectivity index (χ3v) is 10.0. The minimum atomic E-state index is 1.13. The smallest absolute Gasteiger partial charge is 0.0547 e. The lowest BCUT2D eigenvalue weighted by Gasteiger charge is -2.33. The molecule has 0 amide bonds. The van der Waals surface area contributed by atoms with Gasteiger partial charge in [0.1, 0.15) is 0 Å². The second-order valence-corrected chi connectivity index (χ2v) is 12.9. The van der Waals surface area contributed by atoms with E-state index >= 15 is 0 Å². The Labute approximate surface area is 283 Å². The van der Waals surface area contributed by atoms with Gasteiger partial charge in [-0.05, 0) is 120 Å². The first kappa shape index (κ1) is 28.4. The lowest BCUT2D eigenvalue weighted by molar-refractivity contribution is 0.840. The molecule has 230 valence electrons. The summed E-state index contributed by atoms with van der Waals surface area (Å²) in [5.74, 6) is 0. The van der Waals surface area contributed by atoms with Crippen LogP contribution < -0.4 is 9.80 Å². The first-order valence-electron chi connectivity index (χ1n) is 17.0. The van der Waals surface area contributed by atoms with Gasteiger partial charge in [-0.3, -0.25) is 0 Å². The van der Waals surface area contributed by atoms with Gasteiger partial charge in [0.2, 0.25) is 0 Å². The maximum atomic E-state index is 2.45. The van der Waals surface area contributed by atoms with E-state index in [1.54, 1.807) is 0 Å². The quantitative estimate of drug-likeness (QED) is 0.168. The molecule has 0 aromatic heterocycles. The zero-order valence-corrected chi connectivity index (χ0v) is 26.9. The molecule has 0 heterocycles. The van der Waals surface area contributed by atoms with Crippen LogP contribution in [-0.2, 0) is 25.7 Å². The third-order valence-electron chi connectivity index (χ3n) is 10.0. The lowest BCUT2D eigenvalue weighted by Crippen LogP contribution is -2.15. The molecular weight excluding hydrogens is 581 g/mol. The van der Waals surface area contributed by atoms with Crippen LogP contribution >= 0.6 is 0 Å². The summed E-state index contributed by atoms with van der Waals surface area (Å²) in [7, 11) is 0. The second-order valence-electron chi connectivity index (χ2n) is 12.9. The maximum absolute atomic E-state index is 2.45. The summed E-state index contributed by atoms with van der Waals surface area (Å²) >= 11 is 0. The Kier molecular flexibility index (Phi) is 7.13. The van der Waals surface area contributed by atoms with E-state index in [0.717, 1.165) is 47.0 Å². The molecule has 2 aliphatic rings. The van der Waals surface area contributed by atoms with Crippen molar-refractivity contribution < 1.29 is 0 Å². The molecule has 0 aliphatic heterocycles. The second kappa shape index (κ2) is 12.1. The molecule has 0 bridgehead atoms. The summed E-state index contributed by atoms with van der Waals surface area (Å²) in [5, 5.41) is 0. The van der Waals surface area contributed by atoms with E-state index in [9.17, 15) is 0 Å². The normalized spacial score (nSPS) is 12.7. The molecule has 2 nitrogen and oxygen atoms in total. The van der Waals surface area contributed by atoms with Crippen molar-refractivity contribution in [3.8, 4) is 22.3 Å². The molecule has 0 spiro atoms. The van der Waals surface area contributed by atoms with Crippen LogP contribution in [0.25, 0.3) is 22.3 Å². The van der Waals surface area contributed by atoms with Gasteiger partial charge in [-0.25, -0.2) is 0 Å². The Hall–Kier alpha value is -5.86. The molecular formula is C46H36N2. The topological polar surface area (TPSA) is 6.48 Å². The van der Waals surface area contributed by atoms with Crippen molar-refractivity contribution in [3.63, 3.8) is 0 Å². The molecule has 2 heteroatoms. The lowest BCUT2D eigenvalue weighted by atomic mass is 9.84. The van der Waals surface area contributed by atoms with Crippen molar-refractivity contribution in [2.75, 3.05) is 9.80 Å². The van der Waals surface area contributed by atoms with Crippen molar-refractivity contribution in [3.05, 3.63) is 192 Å². The van der Waals surface area contributed by atoms with Gasteiger partial charge in [-0.15, -0.1) is 0 Å². The fraction of sp³-hybridized carbons (Fsp3) is 0.0870. The molecule has 9 rings (SSSR count). The van der Waals surface area contributed by atoms with Gasteiger partial charge in [0.05, 0.1) is 11.4 Å². The van der Waals surface area contributed by atoms with E-state index in [-0.39, 0.29) is 0 Å². The van der Waals surface area contributed by atoms with Gasteiger partial charge in [0.25, 0.3) is 0 Å². The zero-order chi connectivity index (χ0) is 31.9. The van der Waals surface area contributed by atoms with E-state index in [4.69, 9.17) is 0 Å². The van der Waals surface area contributed by atoms with Gasteiger partial charge in [-0.1, -0.05) is 109 Å². The Bertz CT molecular complexity index is 1980. The fourth-order valence-electron chi connectivity index (χ4n) is 7.30. The summed E-state index contributed by atoms with van der Waals surface area (Å²) < 4.78 is 0. The van der Waals surface area contributed by atoms with Crippen LogP contribution in [0, 0.1) is 0 Å². The minimum Gasteiger partial charge on any atom is -0.310 e. The number of aryl methyl sites for hydroxylation is 4. The zero-order valence-electron chi connectivity index (χ0n) is 26.9. The highest BCUT2D eigenvalue weighted by atomic mass is 15.2. The van der Waals surface area contributed by atoms with Crippen molar-refractivity contribution in [2.45, 2.75) is 25.7 Å². The number of nitrogens with zero attached hydrogens (tertiary/aromatic N) is 2. The molecule has 0 N–H and O–H groups in total. The van der Waals surface area contributed by atoms with E-state index in [0.29, 0.717) is 0 Å². The molecule has 0 fully saturated rings. The standard InChI is InChI=1S/C46H36N2/c1-5-13-39(14-6-1)47(40-15-7-2-8-16-40)45-31-44(38-28-24-34-22-26-36(34)30-38)46(32-43(45)37-27-23-33-21-25-35(33)29-37)48(41-17-9-3-10-18-41)42-19-11-4-12-20-42/h1-20,23-24,27-32H,21-22,25-26H2. The Morgan fingerprint density at radius 2 is 0.604 bits per heavy atom. The molecule has 0 saturated carbocycles. The summed E-state index contributed by atoms with van der Waals surface area (Å²) in [6.07, 6.45) is 4.61. The summed E-state index contributed by atoms with van der Waals surface area (Å²) in [4.78, 5) is 4.86. The molecule has 0 radical (unpaired) electrons. The monoisotopic (exact) mass is 616 g/mol. The Balaban J connectivity index is 1.38. The highest BCUT2D eigenvalue weighted by molar-refractivity contribution is 5.98. The molecule has 7 aromatic carbocycles. The average Bonchev–Trinajstić information content (AvgIpc) is 3.12. The van der Waals surface area contributed by atoms with E-state index in [1.165, 1.54) is 57.3 Å². The van der Waals surface area contributed by atoms with Crippen molar-refractivity contribution in [2.24, 2.45) is 0 Å². The van der Waals surface area contributed by atoms with Crippen LogP contribution in [0.15, 0.2) is 170 Å². The van der Waals surface area contributed by atoms with Gasteiger partial charge >= 0.3 is 0 Å². The molecule has 2 aliphatic carbocycles. The number of rotatable bonds is 8. The van der Waals surface area contributed by atoms with Crippen LogP contribution in [0.1, 0.15) is 22.3 Å². The Morgan fingerprint density at radius 3 is 0.875 bits per heavy atom. The molecule has 0 unspecified atom stereocenters. The van der Waals surface area contributed by atoms with Crippen molar-refractivity contribution in [1.82, 2.24) is 0 Å². The molecule has 7 aromatic rings. The number of anilines is 6. The van der Waals surface area contributed by atoms with E-state index < -0.39 is 0 Å². The van der Waals surface area contributed by atoms with Crippen LogP contribution in [0.3, 0.4) is 0 Å². The predicted molar refractivity (Wildman–Crippen MR) is 201 cm³/mol.